The molecule has 5 aliphatic rings. The van der Waals surface area contributed by atoms with Crippen LogP contribution >= 0.6 is 11.6 Å². The van der Waals surface area contributed by atoms with Crippen LogP contribution in [0, 0.1) is 25.7 Å². The first kappa shape index (κ1) is 62.0. The van der Waals surface area contributed by atoms with Gasteiger partial charge < -0.3 is 49.0 Å². The molecule has 5 saturated heterocycles. The zero-order valence-electron chi connectivity index (χ0n) is 45.3. The van der Waals surface area contributed by atoms with E-state index in [0.717, 1.165) is 16.6 Å². The van der Waals surface area contributed by atoms with Gasteiger partial charge in [0, 0.05) is 81.6 Å². The van der Waals surface area contributed by atoms with Gasteiger partial charge in [-0.3, -0.25) is 0 Å². The number of hydrogen-bond acceptors (Lipinski definition) is 10. The number of benzene rings is 2. The number of carbonyl (C=O) groups is 2. The van der Waals surface area contributed by atoms with E-state index in [0.29, 0.717) is 106 Å². The Morgan fingerprint density at radius 2 is 1.07 bits per heavy atom. The van der Waals surface area contributed by atoms with Gasteiger partial charge in [-0.2, -0.15) is 26.3 Å². The molecule has 0 unspecified atom stereocenters. The van der Waals surface area contributed by atoms with Crippen LogP contribution in [0.15, 0.2) is 60.7 Å². The van der Waals surface area contributed by atoms with Crippen molar-refractivity contribution in [3.63, 3.8) is 0 Å². The number of aryl methyl sites for hydroxylation is 2. The molecular formula is C54H66BClF10N8O6. The standard InChI is InChI=1S/C24H27F5N4O2.C20H28BF3N2O3.C10H11ClF2N2O/c1-15-2-3-18(30-23(34)33-5-4-16(14-33)13-24(27,28)29)12-19(15)17-10-20(22(25)26)31-21(11-17)32-6-8-35-9-7-32;1-13-6-7-15(10-16(13)21-28-18(2,3)19(4,5)29-21)25-17(27)26-9-8-14(12-26)11-20(22,23)24;11-7-5-8(10(12)13)14-9(6-7)15-1-3-16-4-2-15/h2-3,10-12,16,22H,4-9,13-14H2,1H3,(H,30,34);6-7,10,14H,8-9,11-12H2,1-5H3,(H,25,27);5-6,10H,1-4H2/t16-;14-;/m00./s1. The number of halogens is 11. The Morgan fingerprint density at radius 3 is 1.54 bits per heavy atom. The number of likely N-dealkylation sites (tertiary alicyclic amines) is 2. The third-order valence-electron chi connectivity index (χ3n) is 14.8. The first-order chi connectivity index (χ1) is 37.5. The van der Waals surface area contributed by atoms with E-state index in [1.165, 1.54) is 21.9 Å². The van der Waals surface area contributed by atoms with Gasteiger partial charge >= 0.3 is 31.5 Å². The molecule has 0 spiro atoms. The molecular weight excluding hydrogens is 1090 g/mol. The second-order valence-corrected chi connectivity index (χ2v) is 21.8. The van der Waals surface area contributed by atoms with E-state index in [4.69, 9.17) is 30.4 Å². The molecule has 0 saturated carbocycles. The van der Waals surface area contributed by atoms with Crippen molar-refractivity contribution in [2.75, 3.05) is 99.2 Å². The maximum atomic E-state index is 13.6. The van der Waals surface area contributed by atoms with Crippen molar-refractivity contribution in [1.82, 2.24) is 19.8 Å². The molecule has 2 N–H and O–H groups in total. The summed E-state index contributed by atoms with van der Waals surface area (Å²) in [6.45, 7) is 16.9. The Balaban J connectivity index is 0.000000185. The molecule has 14 nitrogen and oxygen atoms in total. The van der Waals surface area contributed by atoms with E-state index < -0.39 is 80.3 Å². The maximum absolute atomic E-state index is 13.6. The SMILES string of the molecule is Cc1ccc(NC(=O)N2CC[C@@H](CC(F)(F)F)C2)cc1-c1cc(C(F)F)nc(N2CCOCC2)c1.Cc1ccc(NC(=O)N2CC[C@@H](CC(F)(F)F)C2)cc1B1OC(C)(C)C(C)(C)O1.FC(F)c1cc(Cl)cc(N2CCOCC2)n1. The number of rotatable bonds is 10. The number of nitrogens with zero attached hydrogens (tertiary/aromatic N) is 6. The summed E-state index contributed by atoms with van der Waals surface area (Å²) in [4.78, 5) is 39.8. The van der Waals surface area contributed by atoms with Crippen molar-refractivity contribution >= 4 is 59.3 Å². The summed E-state index contributed by atoms with van der Waals surface area (Å²) in [5, 5.41) is 5.81. The van der Waals surface area contributed by atoms with E-state index in [-0.39, 0.29) is 36.0 Å². The first-order valence-electron chi connectivity index (χ1n) is 26.3. The van der Waals surface area contributed by atoms with E-state index >= 15 is 0 Å². The second kappa shape index (κ2) is 26.1. The van der Waals surface area contributed by atoms with Crippen LogP contribution in [0.5, 0.6) is 0 Å². The number of anilines is 4. The number of pyridine rings is 2. The van der Waals surface area contributed by atoms with Crippen LogP contribution in [0.1, 0.15) is 88.7 Å². The minimum atomic E-state index is -4.26. The largest absolute Gasteiger partial charge is 0.495 e. The Morgan fingerprint density at radius 1 is 0.637 bits per heavy atom. The molecule has 5 fully saturated rings. The number of amides is 4. The number of carbonyl (C=O) groups excluding carboxylic acids is 2. The van der Waals surface area contributed by atoms with E-state index in [1.807, 2.05) is 57.4 Å². The number of morpholine rings is 2. The Bertz CT molecular complexity index is 2750. The summed E-state index contributed by atoms with van der Waals surface area (Å²) < 4.78 is 151. The number of urea groups is 2. The molecule has 2 aromatic carbocycles. The molecule has 80 heavy (non-hydrogen) atoms. The molecule has 0 aliphatic carbocycles. The Labute approximate surface area is 463 Å². The smallest absolute Gasteiger partial charge is 0.399 e. The van der Waals surface area contributed by atoms with E-state index in [2.05, 4.69) is 20.6 Å². The van der Waals surface area contributed by atoms with Gasteiger partial charge in [0.25, 0.3) is 12.9 Å². The molecule has 4 aromatic rings. The van der Waals surface area contributed by atoms with Crippen LogP contribution in [0.3, 0.4) is 0 Å². The minimum absolute atomic E-state index is 0.0368. The number of aromatic nitrogens is 2. The van der Waals surface area contributed by atoms with Gasteiger partial charge in [0.15, 0.2) is 0 Å². The van der Waals surface area contributed by atoms with Gasteiger partial charge in [-0.25, -0.2) is 37.1 Å². The third kappa shape index (κ3) is 17.0. The van der Waals surface area contributed by atoms with Crippen LogP contribution in [-0.4, -0.2) is 141 Å². The fraction of sp³-hybridized carbons (Fsp3) is 0.556. The predicted octanol–water partition coefficient (Wildman–Crippen LogP) is 12.2. The van der Waals surface area contributed by atoms with Crippen LogP contribution in [0.4, 0.5) is 76.5 Å². The lowest BCUT2D eigenvalue weighted by Crippen LogP contribution is -2.41. The van der Waals surface area contributed by atoms with Crippen molar-refractivity contribution in [3.05, 3.63) is 88.2 Å². The zero-order valence-corrected chi connectivity index (χ0v) is 46.0. The van der Waals surface area contributed by atoms with Crippen LogP contribution in [0.25, 0.3) is 11.1 Å². The molecule has 26 heteroatoms. The second-order valence-electron chi connectivity index (χ2n) is 21.4. The summed E-state index contributed by atoms with van der Waals surface area (Å²) in [6.07, 6.45) is -14.9. The van der Waals surface area contributed by atoms with Crippen molar-refractivity contribution in [1.29, 1.82) is 0 Å². The van der Waals surface area contributed by atoms with Crippen molar-refractivity contribution in [2.45, 2.75) is 104 Å². The highest BCUT2D eigenvalue weighted by Crippen LogP contribution is 2.38. The molecule has 5 aliphatic heterocycles. The molecule has 9 rings (SSSR count). The van der Waals surface area contributed by atoms with Gasteiger partial charge in [-0.1, -0.05) is 29.3 Å². The minimum Gasteiger partial charge on any atom is -0.399 e. The van der Waals surface area contributed by atoms with Gasteiger partial charge in [0.05, 0.1) is 37.6 Å². The number of hydrogen-bond donors (Lipinski definition) is 2. The Kier molecular flexibility index (Phi) is 20.2. The lowest BCUT2D eigenvalue weighted by Gasteiger charge is -2.32. The van der Waals surface area contributed by atoms with Crippen molar-refractivity contribution < 1.29 is 72.3 Å². The summed E-state index contributed by atoms with van der Waals surface area (Å²) >= 11 is 5.78. The molecule has 0 radical (unpaired) electrons. The van der Waals surface area contributed by atoms with Crippen molar-refractivity contribution in [2.24, 2.45) is 11.8 Å². The highest BCUT2D eigenvalue weighted by Gasteiger charge is 2.52. The van der Waals surface area contributed by atoms with Crippen LogP contribution in [0.2, 0.25) is 5.02 Å². The first-order valence-corrected chi connectivity index (χ1v) is 26.6. The average Bonchev–Trinajstić information content (AvgIpc) is 4.17. The summed E-state index contributed by atoms with van der Waals surface area (Å²) in [6, 6.07) is 15.6. The van der Waals surface area contributed by atoms with E-state index in [9.17, 15) is 53.5 Å². The number of ether oxygens (including phenoxy) is 2. The zero-order chi connectivity index (χ0) is 58.3. The van der Waals surface area contributed by atoms with Gasteiger partial charge in [0.2, 0.25) is 0 Å². The number of alkyl halides is 10. The van der Waals surface area contributed by atoms with Gasteiger partial charge in [-0.05, 0) is 137 Å². The van der Waals surface area contributed by atoms with Crippen LogP contribution < -0.4 is 25.9 Å². The predicted molar refractivity (Wildman–Crippen MR) is 285 cm³/mol. The molecule has 0 bridgehead atoms. The molecule has 4 amide bonds. The molecule has 438 valence electrons. The molecule has 7 heterocycles. The average molecular weight is 1160 g/mol. The summed E-state index contributed by atoms with van der Waals surface area (Å²) in [5.74, 6) is -0.231. The highest BCUT2D eigenvalue weighted by atomic mass is 35.5. The lowest BCUT2D eigenvalue weighted by atomic mass is 9.76. The topological polar surface area (TPSA) is 134 Å². The van der Waals surface area contributed by atoms with E-state index in [1.54, 1.807) is 42.5 Å². The molecule has 2 aromatic heterocycles. The Hall–Kier alpha value is -5.63. The quantitative estimate of drug-likeness (QED) is 0.117. The lowest BCUT2D eigenvalue weighted by molar-refractivity contribution is -0.144. The monoisotopic (exact) mass is 1160 g/mol. The van der Waals surface area contributed by atoms with Crippen LogP contribution in [-0.2, 0) is 18.8 Å². The number of nitrogens with one attached hydrogen (secondary N) is 2. The maximum Gasteiger partial charge on any atom is 0.495 e. The van der Waals surface area contributed by atoms with Gasteiger partial charge in [-0.15, -0.1) is 0 Å². The fourth-order valence-corrected chi connectivity index (χ4v) is 9.92. The fourth-order valence-electron chi connectivity index (χ4n) is 9.71. The molecule has 2 atom stereocenters. The highest BCUT2D eigenvalue weighted by molar-refractivity contribution is 6.62. The third-order valence-corrected chi connectivity index (χ3v) is 15.0. The summed E-state index contributed by atoms with van der Waals surface area (Å²) in [7, 11) is -0.556. The summed E-state index contributed by atoms with van der Waals surface area (Å²) in [5.41, 5.74) is 3.19. The normalized spacial score (nSPS) is 20.2. The van der Waals surface area contributed by atoms with Crippen molar-refractivity contribution in [3.8, 4) is 11.1 Å². The van der Waals surface area contributed by atoms with Gasteiger partial charge in [0.1, 0.15) is 23.0 Å².